The van der Waals surface area contributed by atoms with Gasteiger partial charge < -0.3 is 5.11 Å². The maximum atomic E-state index is 9.48. The van der Waals surface area contributed by atoms with Crippen LogP contribution in [0.3, 0.4) is 0 Å². The Morgan fingerprint density at radius 1 is 1.00 bits per heavy atom. The molecule has 1 aromatic carbocycles. The average Bonchev–Trinajstić information content (AvgIpc) is 2.36. The first-order valence-corrected chi connectivity index (χ1v) is 7.06. The van der Waals surface area contributed by atoms with Crippen molar-refractivity contribution in [3.05, 3.63) is 46.8 Å². The second kappa shape index (κ2) is 5.72. The summed E-state index contributed by atoms with van der Waals surface area (Å²) in [6.07, 6.45) is -0.431. The lowest BCUT2D eigenvalue weighted by atomic mass is 10.1. The van der Waals surface area contributed by atoms with Crippen molar-refractivity contribution in [2.75, 3.05) is 0 Å². The minimum atomic E-state index is -0.431. The van der Waals surface area contributed by atoms with Gasteiger partial charge in [0, 0.05) is 16.3 Å². The summed E-state index contributed by atoms with van der Waals surface area (Å²) in [5.74, 6) is 0. The number of aromatic nitrogens is 2. The van der Waals surface area contributed by atoms with E-state index < -0.39 is 6.10 Å². The first kappa shape index (κ1) is 14.0. The van der Waals surface area contributed by atoms with Gasteiger partial charge in [-0.25, -0.2) is 9.97 Å². The van der Waals surface area contributed by atoms with Crippen LogP contribution in [-0.4, -0.2) is 15.1 Å². The molecule has 0 fully saturated rings. The van der Waals surface area contributed by atoms with Crippen LogP contribution in [0.25, 0.3) is 0 Å². The molecule has 0 amide bonds. The molecule has 0 radical (unpaired) electrons. The molecule has 3 nitrogen and oxygen atoms in total. The third kappa shape index (κ3) is 3.33. The highest BCUT2D eigenvalue weighted by Crippen LogP contribution is 2.27. The lowest BCUT2D eigenvalue weighted by Crippen LogP contribution is -1.97. The van der Waals surface area contributed by atoms with Crippen LogP contribution in [0.4, 0.5) is 0 Å². The van der Waals surface area contributed by atoms with E-state index in [4.69, 9.17) is 0 Å². The van der Waals surface area contributed by atoms with Gasteiger partial charge in [-0.2, -0.15) is 0 Å². The number of rotatable bonds is 3. The Labute approximate surface area is 118 Å². The number of hydrogen-bond donors (Lipinski definition) is 1. The number of benzene rings is 1. The summed E-state index contributed by atoms with van der Waals surface area (Å²) in [7, 11) is 0. The van der Waals surface area contributed by atoms with Gasteiger partial charge in [0.1, 0.15) is 0 Å². The molecule has 0 aliphatic rings. The molecule has 2 aromatic rings. The Kier molecular flexibility index (Phi) is 4.22. The van der Waals surface area contributed by atoms with Gasteiger partial charge in [-0.1, -0.05) is 12.1 Å². The van der Waals surface area contributed by atoms with Crippen LogP contribution in [0.5, 0.6) is 0 Å². The molecule has 0 spiro atoms. The first-order valence-electron chi connectivity index (χ1n) is 6.25. The van der Waals surface area contributed by atoms with Crippen molar-refractivity contribution in [3.63, 3.8) is 0 Å². The smallest absolute Gasteiger partial charge is 0.192 e. The monoisotopic (exact) mass is 274 g/mol. The number of nitrogens with zero attached hydrogens (tertiary/aromatic N) is 2. The summed E-state index contributed by atoms with van der Waals surface area (Å²) in [6.45, 7) is 7.81. The van der Waals surface area contributed by atoms with Crippen molar-refractivity contribution < 1.29 is 5.11 Å². The molecule has 0 bridgehead atoms. The minimum Gasteiger partial charge on any atom is -0.389 e. The number of aliphatic hydroxyl groups excluding tert-OH is 1. The largest absolute Gasteiger partial charge is 0.389 e. The highest BCUT2D eigenvalue weighted by atomic mass is 32.2. The molecule has 2 rings (SSSR count). The molecule has 1 N–H and O–H groups in total. The first-order chi connectivity index (χ1) is 8.97. The Balaban J connectivity index is 2.21. The molecule has 0 saturated heterocycles. The molecule has 100 valence electrons. The van der Waals surface area contributed by atoms with E-state index in [0.717, 1.165) is 32.6 Å². The molecule has 4 heteroatoms. The fourth-order valence-corrected chi connectivity index (χ4v) is 2.56. The second-order valence-electron chi connectivity index (χ2n) is 4.65. The van der Waals surface area contributed by atoms with Gasteiger partial charge in [-0.05, 0) is 62.7 Å². The third-order valence-electron chi connectivity index (χ3n) is 3.18. The number of aliphatic hydroxyl groups is 1. The highest BCUT2D eigenvalue weighted by Gasteiger charge is 2.07. The van der Waals surface area contributed by atoms with Gasteiger partial charge in [0.25, 0.3) is 0 Å². The van der Waals surface area contributed by atoms with E-state index in [-0.39, 0.29) is 0 Å². The molecule has 1 aromatic heterocycles. The zero-order chi connectivity index (χ0) is 14.0. The van der Waals surface area contributed by atoms with Crippen LogP contribution < -0.4 is 0 Å². The fourth-order valence-electron chi connectivity index (χ4n) is 1.71. The fraction of sp³-hybridized carbons (Fsp3) is 0.333. The SMILES string of the molecule is Cc1nc(Sc2ccc(C(C)O)cc2)nc(C)c1C. The minimum absolute atomic E-state index is 0.431. The van der Waals surface area contributed by atoms with Crippen molar-refractivity contribution >= 4 is 11.8 Å². The summed E-state index contributed by atoms with van der Waals surface area (Å²) in [5, 5.41) is 10.2. The molecular weight excluding hydrogens is 256 g/mol. The Bertz CT molecular complexity index is 556. The maximum Gasteiger partial charge on any atom is 0.192 e. The van der Waals surface area contributed by atoms with Crippen LogP contribution in [0.1, 0.15) is 35.5 Å². The summed E-state index contributed by atoms with van der Waals surface area (Å²) in [5.41, 5.74) is 4.11. The van der Waals surface area contributed by atoms with Gasteiger partial charge >= 0.3 is 0 Å². The average molecular weight is 274 g/mol. The zero-order valence-electron chi connectivity index (χ0n) is 11.6. The molecular formula is C15H18N2OS. The standard InChI is InChI=1S/C15H18N2OS/c1-9-10(2)16-15(17-11(9)3)19-14-7-5-13(6-8-14)12(4)18/h5-8,12,18H,1-4H3. The zero-order valence-corrected chi connectivity index (χ0v) is 12.5. The van der Waals surface area contributed by atoms with Gasteiger partial charge in [-0.15, -0.1) is 0 Å². The van der Waals surface area contributed by atoms with Gasteiger partial charge in [0.05, 0.1) is 6.10 Å². The van der Waals surface area contributed by atoms with E-state index in [2.05, 4.69) is 9.97 Å². The van der Waals surface area contributed by atoms with E-state index in [9.17, 15) is 5.11 Å². The molecule has 1 heterocycles. The summed E-state index contributed by atoms with van der Waals surface area (Å²) in [6, 6.07) is 7.84. The van der Waals surface area contributed by atoms with E-state index in [1.807, 2.05) is 45.0 Å². The van der Waals surface area contributed by atoms with Gasteiger partial charge in [0.15, 0.2) is 5.16 Å². The van der Waals surface area contributed by atoms with E-state index >= 15 is 0 Å². The Hall–Kier alpha value is -1.39. The lowest BCUT2D eigenvalue weighted by molar-refractivity contribution is 0.199. The normalized spacial score (nSPS) is 12.5. The van der Waals surface area contributed by atoms with Crippen LogP contribution >= 0.6 is 11.8 Å². The van der Waals surface area contributed by atoms with E-state index in [0.29, 0.717) is 0 Å². The van der Waals surface area contributed by atoms with Crippen LogP contribution in [0.2, 0.25) is 0 Å². The van der Waals surface area contributed by atoms with Crippen molar-refractivity contribution in [3.8, 4) is 0 Å². The second-order valence-corrected chi connectivity index (χ2v) is 5.69. The van der Waals surface area contributed by atoms with Crippen molar-refractivity contribution in [1.82, 2.24) is 9.97 Å². The summed E-state index contributed by atoms with van der Waals surface area (Å²) in [4.78, 5) is 10.1. The molecule has 0 aliphatic carbocycles. The van der Waals surface area contributed by atoms with Gasteiger partial charge in [-0.3, -0.25) is 0 Å². The van der Waals surface area contributed by atoms with Crippen molar-refractivity contribution in [1.29, 1.82) is 0 Å². The van der Waals surface area contributed by atoms with Crippen LogP contribution in [0, 0.1) is 20.8 Å². The van der Waals surface area contributed by atoms with Gasteiger partial charge in [0.2, 0.25) is 0 Å². The Morgan fingerprint density at radius 3 is 2.00 bits per heavy atom. The topological polar surface area (TPSA) is 46.0 Å². The molecule has 1 unspecified atom stereocenters. The lowest BCUT2D eigenvalue weighted by Gasteiger charge is -2.08. The van der Waals surface area contributed by atoms with Crippen LogP contribution in [0.15, 0.2) is 34.3 Å². The molecule has 1 atom stereocenters. The van der Waals surface area contributed by atoms with Crippen LogP contribution in [-0.2, 0) is 0 Å². The Morgan fingerprint density at radius 2 is 1.53 bits per heavy atom. The quantitative estimate of drug-likeness (QED) is 0.869. The van der Waals surface area contributed by atoms with E-state index in [1.165, 1.54) is 0 Å². The number of hydrogen-bond acceptors (Lipinski definition) is 4. The van der Waals surface area contributed by atoms with E-state index in [1.54, 1.807) is 18.7 Å². The highest BCUT2D eigenvalue weighted by molar-refractivity contribution is 7.99. The molecule has 19 heavy (non-hydrogen) atoms. The summed E-state index contributed by atoms with van der Waals surface area (Å²) < 4.78 is 0. The predicted octanol–water partition coefficient (Wildman–Crippen LogP) is 3.61. The predicted molar refractivity (Wildman–Crippen MR) is 77.4 cm³/mol. The number of aryl methyl sites for hydroxylation is 2. The molecule has 0 aliphatic heterocycles. The van der Waals surface area contributed by atoms with Crippen molar-refractivity contribution in [2.45, 2.75) is 43.9 Å². The third-order valence-corrected chi connectivity index (χ3v) is 4.06. The van der Waals surface area contributed by atoms with Crippen molar-refractivity contribution in [2.24, 2.45) is 0 Å². The maximum absolute atomic E-state index is 9.48. The summed E-state index contributed by atoms with van der Waals surface area (Å²) >= 11 is 1.54. The molecule has 0 saturated carbocycles.